The maximum Gasteiger partial charge on any atom is 0.251 e. The molecule has 2 saturated heterocycles. The first-order valence-corrected chi connectivity index (χ1v) is 15.9. The highest BCUT2D eigenvalue weighted by molar-refractivity contribution is 6.32. The number of nitrogens with zero attached hydrogens (tertiary/aromatic N) is 5. The van der Waals surface area contributed by atoms with Crippen LogP contribution in [0.3, 0.4) is 0 Å². The number of ether oxygens (including phenoxy) is 1. The van der Waals surface area contributed by atoms with Crippen LogP contribution in [0.15, 0.2) is 66.7 Å². The van der Waals surface area contributed by atoms with Crippen molar-refractivity contribution in [2.45, 2.75) is 31.7 Å². The van der Waals surface area contributed by atoms with Crippen molar-refractivity contribution in [3.8, 4) is 22.8 Å². The molecule has 3 N–H and O–H groups in total. The molecule has 1 amide bonds. The number of nitrogens with one attached hydrogen (secondary N) is 2. The molecular formula is C34H34ClN7O3. The third-order valence-electron chi connectivity index (χ3n) is 9.37. The van der Waals surface area contributed by atoms with Crippen molar-refractivity contribution in [1.82, 2.24) is 20.4 Å². The molecule has 45 heavy (non-hydrogen) atoms. The molecule has 8 rings (SSSR count). The van der Waals surface area contributed by atoms with E-state index in [0.29, 0.717) is 17.8 Å². The fourth-order valence-electron chi connectivity index (χ4n) is 6.93. The van der Waals surface area contributed by atoms with Crippen LogP contribution in [-0.2, 0) is 13.1 Å². The van der Waals surface area contributed by atoms with Crippen LogP contribution < -0.4 is 25.2 Å². The normalized spacial score (nSPS) is 20.7. The molecule has 0 saturated carbocycles. The minimum absolute atomic E-state index is 0.00793. The molecule has 230 valence electrons. The summed E-state index contributed by atoms with van der Waals surface area (Å²) in [5.74, 6) is 1.65. The van der Waals surface area contributed by atoms with Crippen LogP contribution in [0, 0.1) is 0 Å². The molecule has 3 aromatic carbocycles. The quantitative estimate of drug-likeness (QED) is 0.286. The minimum Gasteiger partial charge on any atom is -0.506 e. The van der Waals surface area contributed by atoms with Crippen molar-refractivity contribution in [2.24, 2.45) is 0 Å². The summed E-state index contributed by atoms with van der Waals surface area (Å²) in [4.78, 5) is 19.3. The van der Waals surface area contributed by atoms with E-state index >= 15 is 0 Å². The Labute approximate surface area is 266 Å². The Bertz CT molecular complexity index is 1760. The number of phenols is 1. The van der Waals surface area contributed by atoms with E-state index in [9.17, 15) is 9.90 Å². The lowest BCUT2D eigenvalue weighted by Gasteiger charge is -2.36. The van der Waals surface area contributed by atoms with Crippen LogP contribution in [0.25, 0.3) is 11.3 Å². The second kappa shape index (κ2) is 11.4. The first-order valence-electron chi connectivity index (χ1n) is 15.5. The lowest BCUT2D eigenvalue weighted by molar-refractivity contribution is 0.0965. The molecule has 0 spiro atoms. The van der Waals surface area contributed by atoms with Crippen molar-refractivity contribution in [3.63, 3.8) is 0 Å². The molecule has 10 nitrogen and oxygen atoms in total. The monoisotopic (exact) mass is 623 g/mol. The molecule has 2 unspecified atom stereocenters. The summed E-state index contributed by atoms with van der Waals surface area (Å²) >= 11 is 6.14. The maximum absolute atomic E-state index is 12.1. The molecule has 4 aliphatic heterocycles. The van der Waals surface area contributed by atoms with Crippen molar-refractivity contribution in [2.75, 3.05) is 54.4 Å². The number of halogens is 1. The number of carbonyl (C=O) groups is 1. The van der Waals surface area contributed by atoms with Crippen molar-refractivity contribution < 1.29 is 14.6 Å². The van der Waals surface area contributed by atoms with E-state index in [4.69, 9.17) is 16.3 Å². The number of phenolic OH excluding ortho intramolecular Hbond substituents is 1. The Morgan fingerprint density at radius 1 is 0.956 bits per heavy atom. The van der Waals surface area contributed by atoms with Gasteiger partial charge < -0.3 is 30.3 Å². The van der Waals surface area contributed by atoms with Crippen molar-refractivity contribution in [1.29, 1.82) is 0 Å². The van der Waals surface area contributed by atoms with Gasteiger partial charge in [-0.3, -0.25) is 9.69 Å². The van der Waals surface area contributed by atoms with Gasteiger partial charge in [0, 0.05) is 69.0 Å². The van der Waals surface area contributed by atoms with Gasteiger partial charge in [-0.15, -0.1) is 10.2 Å². The van der Waals surface area contributed by atoms with Gasteiger partial charge in [0.1, 0.15) is 17.6 Å². The number of piperazine rings is 1. The van der Waals surface area contributed by atoms with Gasteiger partial charge in [0.2, 0.25) is 0 Å². The number of hydrogen-bond donors (Lipinski definition) is 3. The number of benzene rings is 3. The van der Waals surface area contributed by atoms with Crippen molar-refractivity contribution >= 4 is 34.7 Å². The van der Waals surface area contributed by atoms with E-state index in [1.807, 2.05) is 12.1 Å². The van der Waals surface area contributed by atoms with Crippen LogP contribution in [0.2, 0.25) is 5.02 Å². The first kappa shape index (κ1) is 28.0. The van der Waals surface area contributed by atoms with Gasteiger partial charge in [0.05, 0.1) is 29.0 Å². The molecule has 4 aliphatic rings. The number of anilines is 3. The van der Waals surface area contributed by atoms with Crippen molar-refractivity contribution in [3.05, 3.63) is 88.4 Å². The van der Waals surface area contributed by atoms with Crippen LogP contribution in [0.1, 0.15) is 27.9 Å². The summed E-state index contributed by atoms with van der Waals surface area (Å²) in [5.41, 5.74) is 6.38. The van der Waals surface area contributed by atoms with Gasteiger partial charge >= 0.3 is 0 Å². The van der Waals surface area contributed by atoms with E-state index in [2.05, 4.69) is 71.9 Å². The Morgan fingerprint density at radius 2 is 1.80 bits per heavy atom. The number of amides is 1. The van der Waals surface area contributed by atoms with E-state index in [-0.39, 0.29) is 28.8 Å². The molecule has 5 heterocycles. The van der Waals surface area contributed by atoms with E-state index in [0.717, 1.165) is 86.3 Å². The molecule has 11 heteroatoms. The molecule has 0 aliphatic carbocycles. The Morgan fingerprint density at radius 3 is 2.64 bits per heavy atom. The number of fused-ring (bicyclic) bond motifs is 4. The van der Waals surface area contributed by atoms with E-state index in [1.165, 1.54) is 5.56 Å². The number of hydrogen-bond acceptors (Lipinski definition) is 9. The standard InChI is InChI=1S/C34H34ClN7O3/c35-29-3-1-2-27(32(29)43)30-16-31-33(39-38-30)36-18-24-14-26(20-42(24)31)45-25-8-4-21(5-9-25)19-40-10-12-41(13-11-40)23-7-6-22-17-37-34(44)28(22)15-23/h1-9,15-16,24,26,43H,10-14,17-20H2,(H,36,39)(H,37,44). The van der Waals surface area contributed by atoms with E-state index in [1.54, 1.807) is 18.2 Å². The summed E-state index contributed by atoms with van der Waals surface area (Å²) in [6.07, 6.45) is 0.941. The zero-order valence-corrected chi connectivity index (χ0v) is 25.5. The maximum atomic E-state index is 12.1. The third-order valence-corrected chi connectivity index (χ3v) is 9.68. The molecule has 0 radical (unpaired) electrons. The van der Waals surface area contributed by atoms with Gasteiger partial charge in [-0.05, 0) is 53.6 Å². The molecule has 1 aromatic heterocycles. The fourth-order valence-corrected chi connectivity index (χ4v) is 7.10. The predicted octanol–water partition coefficient (Wildman–Crippen LogP) is 4.52. The Balaban J connectivity index is 0.872. The van der Waals surface area contributed by atoms with Gasteiger partial charge in [0.15, 0.2) is 5.82 Å². The molecule has 0 bridgehead atoms. The van der Waals surface area contributed by atoms with E-state index < -0.39 is 0 Å². The number of rotatable bonds is 6. The number of aromatic hydroxyl groups is 1. The van der Waals surface area contributed by atoms with Crippen LogP contribution in [0.4, 0.5) is 17.2 Å². The number of para-hydroxylation sites is 1. The molecular weight excluding hydrogens is 590 g/mol. The summed E-state index contributed by atoms with van der Waals surface area (Å²) in [7, 11) is 0. The summed E-state index contributed by atoms with van der Waals surface area (Å²) in [5, 5.41) is 25.8. The highest BCUT2D eigenvalue weighted by Gasteiger charge is 2.38. The summed E-state index contributed by atoms with van der Waals surface area (Å²) in [6, 6.07) is 22.2. The summed E-state index contributed by atoms with van der Waals surface area (Å²) < 4.78 is 6.47. The third kappa shape index (κ3) is 5.38. The largest absolute Gasteiger partial charge is 0.506 e. The lowest BCUT2D eigenvalue weighted by atomic mass is 10.1. The molecule has 4 aromatic rings. The number of carbonyl (C=O) groups excluding carboxylic acids is 1. The second-order valence-corrected chi connectivity index (χ2v) is 12.6. The fraction of sp³-hybridized carbons (Fsp3) is 0.324. The highest BCUT2D eigenvalue weighted by Crippen LogP contribution is 2.40. The highest BCUT2D eigenvalue weighted by atomic mass is 35.5. The zero-order valence-electron chi connectivity index (χ0n) is 24.7. The van der Waals surface area contributed by atoms with Crippen LogP contribution >= 0.6 is 11.6 Å². The second-order valence-electron chi connectivity index (χ2n) is 12.2. The summed E-state index contributed by atoms with van der Waals surface area (Å²) in [6.45, 7) is 6.86. The average molecular weight is 624 g/mol. The van der Waals surface area contributed by atoms with Crippen LogP contribution in [-0.4, -0.2) is 77.5 Å². The first-order chi connectivity index (χ1) is 22.0. The zero-order chi connectivity index (χ0) is 30.5. The SMILES string of the molecule is O=C1NCc2ccc(N3CCN(Cc4ccc(OC5CC6CNc7nnc(-c8cccc(Cl)c8O)cc7N6C5)cc4)CC3)cc21. The van der Waals surface area contributed by atoms with Gasteiger partial charge in [-0.1, -0.05) is 35.9 Å². The molecule has 2 atom stereocenters. The molecule has 2 fully saturated rings. The predicted molar refractivity (Wildman–Crippen MR) is 174 cm³/mol. The van der Waals surface area contributed by atoms with Gasteiger partial charge in [-0.25, -0.2) is 0 Å². The Kier molecular flexibility index (Phi) is 7.10. The van der Waals surface area contributed by atoms with Gasteiger partial charge in [0.25, 0.3) is 5.91 Å². The minimum atomic E-state index is 0.00793. The number of aromatic nitrogens is 2. The topological polar surface area (TPSA) is 106 Å². The van der Waals surface area contributed by atoms with Crippen LogP contribution in [0.5, 0.6) is 11.5 Å². The smallest absolute Gasteiger partial charge is 0.251 e. The average Bonchev–Trinajstić information content (AvgIpc) is 3.66. The Hall–Kier alpha value is -4.54. The van der Waals surface area contributed by atoms with Gasteiger partial charge in [-0.2, -0.15) is 0 Å². The lowest BCUT2D eigenvalue weighted by Crippen LogP contribution is -2.46.